The Morgan fingerprint density at radius 1 is 0.737 bits per heavy atom. The molecule has 13 nitrogen and oxygen atoms in total. The zero-order valence-corrected chi connectivity index (χ0v) is 21.6. The van der Waals surface area contributed by atoms with E-state index in [1.54, 1.807) is 24.3 Å². The van der Waals surface area contributed by atoms with E-state index in [-0.39, 0.29) is 34.3 Å². The third-order valence-electron chi connectivity index (χ3n) is 5.25. The van der Waals surface area contributed by atoms with Crippen molar-refractivity contribution in [3.05, 3.63) is 60.2 Å². The van der Waals surface area contributed by atoms with Gasteiger partial charge in [0.15, 0.2) is 9.84 Å². The Morgan fingerprint density at radius 3 is 1.87 bits per heavy atom. The molecule has 0 aliphatic rings. The average molecular weight is 563 g/mol. The molecule has 0 radical (unpaired) electrons. The Morgan fingerprint density at radius 2 is 1.32 bits per heavy atom. The normalized spacial score (nSPS) is 12.5. The lowest BCUT2D eigenvalue weighted by Gasteiger charge is -2.10. The Bertz CT molecular complexity index is 1560. The number of aliphatic hydroxyl groups is 2. The second-order valence-corrected chi connectivity index (χ2v) is 11.5. The minimum atomic E-state index is -4.79. The van der Waals surface area contributed by atoms with Crippen LogP contribution in [-0.4, -0.2) is 50.6 Å². The van der Waals surface area contributed by atoms with Crippen LogP contribution in [0.5, 0.6) is 0 Å². The number of azo groups is 2. The van der Waals surface area contributed by atoms with Gasteiger partial charge in [0, 0.05) is 6.61 Å². The first-order valence-electron chi connectivity index (χ1n) is 11.1. The summed E-state index contributed by atoms with van der Waals surface area (Å²) >= 11 is 0. The van der Waals surface area contributed by atoms with Crippen LogP contribution in [-0.2, 0) is 26.4 Å². The van der Waals surface area contributed by atoms with Crippen molar-refractivity contribution in [2.45, 2.75) is 22.6 Å². The van der Waals surface area contributed by atoms with Gasteiger partial charge in [-0.1, -0.05) is 12.1 Å². The lowest BCUT2D eigenvalue weighted by atomic mass is 10.1. The molecule has 15 heteroatoms. The van der Waals surface area contributed by atoms with Gasteiger partial charge in [-0.15, -0.1) is 10.2 Å². The van der Waals surface area contributed by atoms with Crippen molar-refractivity contribution in [1.82, 2.24) is 0 Å². The summed E-state index contributed by atoms with van der Waals surface area (Å²) in [5, 5.41) is 33.8. The maximum atomic E-state index is 12.0. The number of anilines is 2. The molecular weight excluding hydrogens is 536 g/mol. The molecule has 0 spiro atoms. The number of benzene rings is 3. The van der Waals surface area contributed by atoms with E-state index in [2.05, 4.69) is 20.5 Å². The summed E-state index contributed by atoms with van der Waals surface area (Å²) in [6.45, 7) is -0.451. The van der Waals surface area contributed by atoms with Crippen LogP contribution in [0.3, 0.4) is 0 Å². The molecule has 3 aromatic carbocycles. The molecule has 0 aromatic heterocycles. The summed E-state index contributed by atoms with van der Waals surface area (Å²) < 4.78 is 57.6. The van der Waals surface area contributed by atoms with Crippen molar-refractivity contribution >= 4 is 54.1 Å². The molecule has 0 saturated carbocycles. The lowest BCUT2D eigenvalue weighted by Crippen LogP contribution is -2.09. The molecular formula is C23H26N6O7S2. The van der Waals surface area contributed by atoms with Gasteiger partial charge in [-0.05, 0) is 60.9 Å². The molecule has 0 fully saturated rings. The molecule has 0 aliphatic heterocycles. The standard InChI is InChI=1S/C23H26N6O7S2/c24-21-19(28-26-16-5-3-15(4-6-16)2-1-11-30)14-20(38(34,35)36)22(25)23(21)29-27-17-7-9-18(10-8-17)37(32,33)13-12-31/h3-10,14,30-31H,1-2,11-13,24-25H2,(H,34,35,36)/b28-26+,29-27+. The minimum absolute atomic E-state index is 0.0259. The fraction of sp³-hybridized carbons (Fsp3) is 0.217. The molecule has 202 valence electrons. The SMILES string of the molecule is Nc1c(/N=N/c2ccc(CCCO)cc2)cc(S(=O)(=O)O)c(N)c1/N=N/c1ccc(S(=O)(=O)CCO)cc1. The minimum Gasteiger partial charge on any atom is -0.396 e. The molecule has 0 bridgehead atoms. The highest BCUT2D eigenvalue weighted by atomic mass is 32.2. The van der Waals surface area contributed by atoms with Gasteiger partial charge in [-0.25, -0.2) is 8.42 Å². The number of hydrogen-bond acceptors (Lipinski definition) is 12. The molecule has 3 aromatic rings. The van der Waals surface area contributed by atoms with E-state index in [9.17, 15) is 21.4 Å². The summed E-state index contributed by atoms with van der Waals surface area (Å²) in [5.74, 6) is -0.436. The van der Waals surface area contributed by atoms with E-state index < -0.39 is 42.9 Å². The van der Waals surface area contributed by atoms with Crippen molar-refractivity contribution in [1.29, 1.82) is 0 Å². The Labute approximate surface area is 219 Å². The number of hydrogen-bond donors (Lipinski definition) is 5. The summed E-state index contributed by atoms with van der Waals surface area (Å²) in [4.78, 5) is -0.721. The second kappa shape index (κ2) is 12.2. The van der Waals surface area contributed by atoms with Gasteiger partial charge < -0.3 is 21.7 Å². The van der Waals surface area contributed by atoms with Crippen molar-refractivity contribution in [3.63, 3.8) is 0 Å². The molecule has 0 saturated heterocycles. The van der Waals surface area contributed by atoms with Gasteiger partial charge in [-0.2, -0.15) is 18.6 Å². The van der Waals surface area contributed by atoms with Gasteiger partial charge in [0.05, 0.1) is 40.0 Å². The van der Waals surface area contributed by atoms with Gasteiger partial charge >= 0.3 is 0 Å². The van der Waals surface area contributed by atoms with Gasteiger partial charge in [0.1, 0.15) is 16.3 Å². The smallest absolute Gasteiger partial charge is 0.296 e. The first-order chi connectivity index (χ1) is 18.0. The number of nitrogens with zero attached hydrogens (tertiary/aromatic N) is 4. The van der Waals surface area contributed by atoms with Crippen LogP contribution in [0.15, 0.2) is 84.8 Å². The monoisotopic (exact) mass is 562 g/mol. The van der Waals surface area contributed by atoms with Crippen LogP contribution in [0.25, 0.3) is 0 Å². The maximum Gasteiger partial charge on any atom is 0.296 e. The zero-order valence-electron chi connectivity index (χ0n) is 20.0. The first kappa shape index (κ1) is 28.8. The largest absolute Gasteiger partial charge is 0.396 e. The summed E-state index contributed by atoms with van der Waals surface area (Å²) in [6, 6.07) is 13.2. The predicted octanol–water partition coefficient (Wildman–Crippen LogP) is 3.62. The van der Waals surface area contributed by atoms with E-state index in [1.165, 1.54) is 24.3 Å². The Kier molecular flexibility index (Phi) is 9.24. The topological polar surface area (TPSA) is 230 Å². The first-order valence-corrected chi connectivity index (χ1v) is 14.2. The number of nitrogen functional groups attached to an aromatic ring is 2. The van der Waals surface area contributed by atoms with E-state index in [0.29, 0.717) is 18.5 Å². The summed E-state index contributed by atoms with van der Waals surface area (Å²) in [6.07, 6.45) is 1.30. The number of aliphatic hydroxyl groups excluding tert-OH is 2. The molecule has 0 heterocycles. The fourth-order valence-electron chi connectivity index (χ4n) is 3.26. The number of sulfone groups is 1. The molecule has 0 amide bonds. The van der Waals surface area contributed by atoms with Crippen molar-refractivity contribution in [2.75, 3.05) is 30.4 Å². The Balaban J connectivity index is 1.97. The van der Waals surface area contributed by atoms with E-state index in [4.69, 9.17) is 21.7 Å². The van der Waals surface area contributed by atoms with Gasteiger partial charge in [-0.3, -0.25) is 4.55 Å². The van der Waals surface area contributed by atoms with Crippen molar-refractivity contribution < 1.29 is 31.6 Å². The summed E-state index contributed by atoms with van der Waals surface area (Å²) in [7, 11) is -8.46. The summed E-state index contributed by atoms with van der Waals surface area (Å²) in [5.41, 5.74) is 12.6. The van der Waals surface area contributed by atoms with E-state index in [1.807, 2.05) is 0 Å². The van der Waals surface area contributed by atoms with Crippen LogP contribution in [0.4, 0.5) is 34.1 Å². The number of aryl methyl sites for hydroxylation is 1. The highest BCUT2D eigenvalue weighted by Crippen LogP contribution is 2.43. The second-order valence-electron chi connectivity index (χ2n) is 7.97. The van der Waals surface area contributed by atoms with Crippen LogP contribution in [0, 0.1) is 0 Å². The van der Waals surface area contributed by atoms with Gasteiger partial charge in [0.2, 0.25) is 0 Å². The third kappa shape index (κ3) is 7.17. The van der Waals surface area contributed by atoms with Crippen LogP contribution in [0.1, 0.15) is 12.0 Å². The molecule has 38 heavy (non-hydrogen) atoms. The number of nitrogens with two attached hydrogens (primary N) is 2. The maximum absolute atomic E-state index is 12.0. The van der Waals surface area contributed by atoms with Crippen LogP contribution >= 0.6 is 0 Å². The predicted molar refractivity (Wildman–Crippen MR) is 141 cm³/mol. The zero-order chi connectivity index (χ0) is 27.9. The van der Waals surface area contributed by atoms with E-state index in [0.717, 1.165) is 11.6 Å². The van der Waals surface area contributed by atoms with Crippen molar-refractivity contribution in [2.24, 2.45) is 20.5 Å². The molecule has 0 unspecified atom stereocenters. The van der Waals surface area contributed by atoms with Crippen molar-refractivity contribution in [3.8, 4) is 0 Å². The Hall–Kier alpha value is -3.76. The molecule has 3 rings (SSSR count). The van der Waals surface area contributed by atoms with Crippen LogP contribution in [0.2, 0.25) is 0 Å². The van der Waals surface area contributed by atoms with Crippen LogP contribution < -0.4 is 11.5 Å². The highest BCUT2D eigenvalue weighted by molar-refractivity contribution is 7.91. The molecule has 0 atom stereocenters. The third-order valence-corrected chi connectivity index (χ3v) is 7.86. The van der Waals surface area contributed by atoms with Gasteiger partial charge in [0.25, 0.3) is 10.1 Å². The molecule has 7 N–H and O–H groups in total. The highest BCUT2D eigenvalue weighted by Gasteiger charge is 2.22. The van der Waals surface area contributed by atoms with E-state index >= 15 is 0 Å². The molecule has 0 aliphatic carbocycles. The average Bonchev–Trinajstić information content (AvgIpc) is 2.87. The quantitative estimate of drug-likeness (QED) is 0.130. The lowest BCUT2D eigenvalue weighted by molar-refractivity contribution is 0.288. The fourth-order valence-corrected chi connectivity index (χ4v) is 4.92. The number of rotatable bonds is 11.